The molecule has 7 nitrogen and oxygen atoms in total. The predicted octanol–water partition coefficient (Wildman–Crippen LogP) is 1.59. The van der Waals surface area contributed by atoms with Gasteiger partial charge in [-0.25, -0.2) is 0 Å². The molecule has 4 rings (SSSR count). The lowest BCUT2D eigenvalue weighted by molar-refractivity contribution is -0.154. The molecule has 3 amide bonds. The van der Waals surface area contributed by atoms with Gasteiger partial charge in [-0.15, -0.1) is 0 Å². The van der Waals surface area contributed by atoms with Crippen molar-refractivity contribution < 1.29 is 23.9 Å². The number of nitrogens with zero attached hydrogens (tertiary/aromatic N) is 1. The Balaban J connectivity index is 1.30. The van der Waals surface area contributed by atoms with Crippen molar-refractivity contribution in [3.05, 3.63) is 41.5 Å². The molecule has 2 fully saturated rings. The number of carbonyl (C=O) groups excluding carboxylic acids is 4. The van der Waals surface area contributed by atoms with Crippen LogP contribution in [0.5, 0.6) is 0 Å². The van der Waals surface area contributed by atoms with Crippen molar-refractivity contribution in [1.29, 1.82) is 0 Å². The Bertz CT molecular complexity index is 876. The Hall–Kier alpha value is -2.96. The Morgan fingerprint density at radius 1 is 1.11 bits per heavy atom. The summed E-state index contributed by atoms with van der Waals surface area (Å²) in [7, 11) is 0. The highest BCUT2D eigenvalue weighted by atomic mass is 16.5. The van der Waals surface area contributed by atoms with Crippen LogP contribution in [0.25, 0.3) is 0 Å². The number of fused-ring (bicyclic) bond motifs is 5. The first kappa shape index (κ1) is 18.4. The number of rotatable bonds is 5. The first-order valence-corrected chi connectivity index (χ1v) is 9.41. The second kappa shape index (κ2) is 6.89. The minimum atomic E-state index is -0.766. The van der Waals surface area contributed by atoms with Gasteiger partial charge in [-0.1, -0.05) is 29.8 Å². The van der Waals surface area contributed by atoms with Crippen LogP contribution in [0, 0.1) is 37.5 Å². The summed E-state index contributed by atoms with van der Waals surface area (Å²) in [4.78, 5) is 50.2. The van der Waals surface area contributed by atoms with Crippen LogP contribution < -0.4 is 5.32 Å². The molecule has 1 saturated carbocycles. The average Bonchev–Trinajstić information content (AvgIpc) is 3.32. The maximum Gasteiger partial charge on any atom is 0.326 e. The molecule has 1 aromatic carbocycles. The van der Waals surface area contributed by atoms with Crippen LogP contribution in [0.1, 0.15) is 17.5 Å². The average molecular weight is 382 g/mol. The number of hydrogen-bond acceptors (Lipinski definition) is 5. The van der Waals surface area contributed by atoms with E-state index >= 15 is 0 Å². The number of anilines is 1. The molecule has 3 aliphatic rings. The Morgan fingerprint density at radius 3 is 2.36 bits per heavy atom. The summed E-state index contributed by atoms with van der Waals surface area (Å²) < 4.78 is 4.98. The van der Waals surface area contributed by atoms with Crippen LogP contribution in [0.4, 0.5) is 5.69 Å². The SMILES string of the molecule is Cc1ccc(NC(=O)COC(=O)CN2C(=O)[C@@H]3[C@@H](C2=O)[C@H]2C=C[C@@H]3C2)c(C)c1. The number of carbonyl (C=O) groups is 4. The smallest absolute Gasteiger partial charge is 0.326 e. The molecule has 1 aliphatic heterocycles. The summed E-state index contributed by atoms with van der Waals surface area (Å²) >= 11 is 0. The number of esters is 1. The van der Waals surface area contributed by atoms with E-state index in [1.54, 1.807) is 6.07 Å². The molecule has 1 N–H and O–H groups in total. The number of ether oxygens (including phenoxy) is 1. The zero-order chi connectivity index (χ0) is 20.0. The molecule has 0 spiro atoms. The highest BCUT2D eigenvalue weighted by Crippen LogP contribution is 2.52. The van der Waals surface area contributed by atoms with E-state index in [1.807, 2.05) is 38.1 Å². The van der Waals surface area contributed by atoms with Gasteiger partial charge in [0.15, 0.2) is 6.61 Å². The van der Waals surface area contributed by atoms with E-state index in [1.165, 1.54) is 0 Å². The molecule has 0 aromatic heterocycles. The molecule has 1 saturated heterocycles. The van der Waals surface area contributed by atoms with Crippen LogP contribution >= 0.6 is 0 Å². The maximum absolute atomic E-state index is 12.6. The Kier molecular flexibility index (Phi) is 4.53. The van der Waals surface area contributed by atoms with Crippen molar-refractivity contribution in [2.75, 3.05) is 18.5 Å². The summed E-state index contributed by atoms with van der Waals surface area (Å²) in [6, 6.07) is 5.59. The van der Waals surface area contributed by atoms with Gasteiger partial charge in [0.2, 0.25) is 11.8 Å². The van der Waals surface area contributed by atoms with Gasteiger partial charge >= 0.3 is 5.97 Å². The van der Waals surface area contributed by atoms with Gasteiger partial charge in [-0.3, -0.25) is 24.1 Å². The minimum absolute atomic E-state index is 0.0935. The maximum atomic E-state index is 12.6. The number of amides is 3. The van der Waals surface area contributed by atoms with Gasteiger partial charge in [-0.05, 0) is 43.7 Å². The van der Waals surface area contributed by atoms with E-state index in [0.717, 1.165) is 22.4 Å². The fourth-order valence-electron chi connectivity index (χ4n) is 4.58. The van der Waals surface area contributed by atoms with Gasteiger partial charge in [0, 0.05) is 5.69 Å². The highest BCUT2D eigenvalue weighted by Gasteiger charge is 2.59. The topological polar surface area (TPSA) is 92.8 Å². The number of benzene rings is 1. The van der Waals surface area contributed by atoms with E-state index in [-0.39, 0.29) is 35.5 Å². The van der Waals surface area contributed by atoms with Crippen LogP contribution in [0.3, 0.4) is 0 Å². The normalized spacial score (nSPS) is 27.3. The molecule has 1 aromatic rings. The molecular weight excluding hydrogens is 360 g/mol. The standard InChI is InChI=1S/C21H22N2O5/c1-11-3-6-15(12(2)7-11)22-16(24)10-28-17(25)9-23-20(26)18-13-4-5-14(8-13)19(18)21(23)27/h3-7,13-14,18-19H,8-10H2,1-2H3,(H,22,24)/t13-,14+,18-,19-/m0/s1. The van der Waals surface area contributed by atoms with Gasteiger partial charge in [0.25, 0.3) is 5.91 Å². The van der Waals surface area contributed by atoms with Crippen LogP contribution in [-0.4, -0.2) is 41.7 Å². The molecule has 28 heavy (non-hydrogen) atoms. The second-order valence-electron chi connectivity index (χ2n) is 7.79. The van der Waals surface area contributed by atoms with Gasteiger partial charge in [0.1, 0.15) is 6.54 Å². The Morgan fingerprint density at radius 2 is 1.75 bits per heavy atom. The summed E-state index contributed by atoms with van der Waals surface area (Å²) in [5, 5.41) is 2.68. The van der Waals surface area contributed by atoms with E-state index in [2.05, 4.69) is 5.32 Å². The molecule has 0 unspecified atom stereocenters. The highest BCUT2D eigenvalue weighted by molar-refractivity contribution is 6.08. The number of aryl methyl sites for hydroxylation is 2. The van der Waals surface area contributed by atoms with Gasteiger partial charge < -0.3 is 10.1 Å². The van der Waals surface area contributed by atoms with Crippen molar-refractivity contribution in [3.63, 3.8) is 0 Å². The number of likely N-dealkylation sites (tertiary alicyclic amines) is 1. The third kappa shape index (κ3) is 3.10. The monoisotopic (exact) mass is 382 g/mol. The van der Waals surface area contributed by atoms with Crippen molar-refractivity contribution in [2.45, 2.75) is 20.3 Å². The predicted molar refractivity (Wildman–Crippen MR) is 99.9 cm³/mol. The number of allylic oxidation sites excluding steroid dienone is 2. The van der Waals surface area contributed by atoms with Gasteiger partial charge in [0.05, 0.1) is 11.8 Å². The Labute approximate surface area is 162 Å². The molecule has 2 aliphatic carbocycles. The number of imide groups is 1. The molecule has 0 radical (unpaired) electrons. The summed E-state index contributed by atoms with van der Waals surface area (Å²) in [5.41, 5.74) is 2.63. The molecule has 1 heterocycles. The lowest BCUT2D eigenvalue weighted by atomic mass is 9.85. The third-order valence-corrected chi connectivity index (χ3v) is 5.87. The van der Waals surface area contributed by atoms with Crippen molar-refractivity contribution >= 4 is 29.4 Å². The van der Waals surface area contributed by atoms with E-state index in [4.69, 9.17) is 4.74 Å². The molecular formula is C21H22N2O5. The molecule has 2 bridgehead atoms. The van der Waals surface area contributed by atoms with E-state index in [0.29, 0.717) is 5.69 Å². The third-order valence-electron chi connectivity index (χ3n) is 5.87. The van der Waals surface area contributed by atoms with Gasteiger partial charge in [-0.2, -0.15) is 0 Å². The summed E-state index contributed by atoms with van der Waals surface area (Å²) in [6.07, 6.45) is 4.83. The summed E-state index contributed by atoms with van der Waals surface area (Å²) in [5.74, 6) is -2.35. The fourth-order valence-corrected chi connectivity index (χ4v) is 4.58. The lowest BCUT2D eigenvalue weighted by Crippen LogP contribution is -2.38. The number of nitrogens with one attached hydrogen (secondary N) is 1. The van der Waals surface area contributed by atoms with E-state index in [9.17, 15) is 19.2 Å². The van der Waals surface area contributed by atoms with Crippen molar-refractivity contribution in [2.24, 2.45) is 23.7 Å². The zero-order valence-corrected chi connectivity index (χ0v) is 15.8. The number of hydrogen-bond donors (Lipinski definition) is 1. The first-order chi connectivity index (χ1) is 13.3. The second-order valence-corrected chi connectivity index (χ2v) is 7.79. The zero-order valence-electron chi connectivity index (χ0n) is 15.8. The largest absolute Gasteiger partial charge is 0.454 e. The van der Waals surface area contributed by atoms with E-state index < -0.39 is 25.0 Å². The van der Waals surface area contributed by atoms with Crippen molar-refractivity contribution in [3.8, 4) is 0 Å². The molecule has 146 valence electrons. The molecule has 4 atom stereocenters. The summed E-state index contributed by atoms with van der Waals surface area (Å²) in [6.45, 7) is 2.91. The first-order valence-electron chi connectivity index (χ1n) is 9.41. The van der Waals surface area contributed by atoms with Crippen LogP contribution in [0.15, 0.2) is 30.4 Å². The molecule has 7 heteroatoms. The lowest BCUT2D eigenvalue weighted by Gasteiger charge is -2.16. The van der Waals surface area contributed by atoms with Crippen LogP contribution in [-0.2, 0) is 23.9 Å². The quantitative estimate of drug-likeness (QED) is 0.474. The minimum Gasteiger partial charge on any atom is -0.454 e. The van der Waals surface area contributed by atoms with Crippen LogP contribution in [0.2, 0.25) is 0 Å². The van der Waals surface area contributed by atoms with Crippen molar-refractivity contribution in [1.82, 2.24) is 4.90 Å². The fraction of sp³-hybridized carbons (Fsp3) is 0.429.